The predicted octanol–water partition coefficient (Wildman–Crippen LogP) is 16.1. The topological polar surface area (TPSA) is 8.17 Å². The lowest BCUT2D eigenvalue weighted by Crippen LogP contribution is -2.10. The number of benzene rings is 10. The molecule has 0 N–H and O–H groups in total. The third-order valence-electron chi connectivity index (χ3n) is 11.8. The molecule has 11 aromatic rings. The highest BCUT2D eigenvalue weighted by atomic mass is 15.1. The van der Waals surface area contributed by atoms with Crippen molar-refractivity contribution in [3.8, 4) is 50.2 Å². The van der Waals surface area contributed by atoms with Gasteiger partial charge in [0, 0.05) is 33.2 Å². The zero-order valence-corrected chi connectivity index (χ0v) is 33.0. The van der Waals surface area contributed by atoms with Crippen molar-refractivity contribution < 1.29 is 0 Å². The number of fused-ring (bicyclic) bond motifs is 4. The molecule has 2 nitrogen and oxygen atoms in total. The van der Waals surface area contributed by atoms with Gasteiger partial charge in [-0.2, -0.15) is 0 Å². The highest BCUT2D eigenvalue weighted by molar-refractivity contribution is 6.12. The van der Waals surface area contributed by atoms with Gasteiger partial charge in [-0.05, 0) is 98.4 Å². The molecule has 0 radical (unpaired) electrons. The van der Waals surface area contributed by atoms with Gasteiger partial charge >= 0.3 is 0 Å². The van der Waals surface area contributed by atoms with Gasteiger partial charge in [-0.1, -0.05) is 194 Å². The second kappa shape index (κ2) is 15.1. The number of rotatable bonds is 8. The Morgan fingerprint density at radius 2 is 0.767 bits per heavy atom. The number of hydrogen-bond donors (Lipinski definition) is 0. The Kier molecular flexibility index (Phi) is 8.87. The van der Waals surface area contributed by atoms with Gasteiger partial charge < -0.3 is 9.47 Å². The predicted molar refractivity (Wildman–Crippen MR) is 255 cm³/mol. The Morgan fingerprint density at radius 1 is 0.267 bits per heavy atom. The first-order chi connectivity index (χ1) is 29.8. The lowest BCUT2D eigenvalue weighted by molar-refractivity contribution is 1.18. The van der Waals surface area contributed by atoms with Gasteiger partial charge in [-0.25, -0.2) is 0 Å². The number of hydrogen-bond acceptors (Lipinski definition) is 1. The van der Waals surface area contributed by atoms with E-state index in [1.54, 1.807) is 0 Å². The zero-order chi connectivity index (χ0) is 39.8. The fourth-order valence-electron chi connectivity index (χ4n) is 8.98. The van der Waals surface area contributed by atoms with Crippen LogP contribution in [0.3, 0.4) is 0 Å². The number of nitrogens with zero attached hydrogens (tertiary/aromatic N) is 2. The third-order valence-corrected chi connectivity index (χ3v) is 11.8. The van der Waals surface area contributed by atoms with Crippen molar-refractivity contribution in [3.63, 3.8) is 0 Å². The molecule has 0 aliphatic carbocycles. The molecular formula is C58H40N2. The van der Waals surface area contributed by atoms with Crippen LogP contribution in [0.4, 0.5) is 17.1 Å². The van der Waals surface area contributed by atoms with E-state index < -0.39 is 0 Å². The van der Waals surface area contributed by atoms with Crippen molar-refractivity contribution in [2.24, 2.45) is 0 Å². The average molecular weight is 765 g/mol. The van der Waals surface area contributed by atoms with Gasteiger partial charge in [0.15, 0.2) is 0 Å². The number of para-hydroxylation sites is 2. The van der Waals surface area contributed by atoms with Crippen molar-refractivity contribution in [1.29, 1.82) is 0 Å². The molecule has 0 fully saturated rings. The first-order valence-electron chi connectivity index (χ1n) is 20.6. The SMILES string of the molecule is c1ccc(-c2ccc(-c3ccc(N(c4ccccc4)c4ccc5c6ccccc6n(-c6ccc(-c7ccccc7)c(-c7ccccc7)c6)c5c4)c4ccccc34)cc2)cc1. The van der Waals surface area contributed by atoms with Crippen LogP contribution in [0.1, 0.15) is 0 Å². The molecule has 0 aliphatic rings. The van der Waals surface area contributed by atoms with E-state index in [0.29, 0.717) is 0 Å². The third kappa shape index (κ3) is 6.23. The Hall–Kier alpha value is -7.94. The summed E-state index contributed by atoms with van der Waals surface area (Å²) in [5.41, 5.74) is 16.4. The first kappa shape index (κ1) is 35.2. The molecule has 60 heavy (non-hydrogen) atoms. The fraction of sp³-hybridized carbons (Fsp3) is 0. The van der Waals surface area contributed by atoms with Gasteiger partial charge in [0.1, 0.15) is 0 Å². The highest BCUT2D eigenvalue weighted by Crippen LogP contribution is 2.45. The van der Waals surface area contributed by atoms with E-state index in [2.05, 4.69) is 252 Å². The van der Waals surface area contributed by atoms with E-state index in [-0.39, 0.29) is 0 Å². The minimum absolute atomic E-state index is 1.09. The van der Waals surface area contributed by atoms with Crippen LogP contribution in [0.25, 0.3) is 82.8 Å². The van der Waals surface area contributed by atoms with Crippen LogP contribution in [0.15, 0.2) is 243 Å². The largest absolute Gasteiger partial charge is 0.310 e. The molecule has 0 saturated carbocycles. The molecule has 0 aliphatic heterocycles. The maximum atomic E-state index is 2.44. The molecule has 282 valence electrons. The Bertz CT molecular complexity index is 3280. The van der Waals surface area contributed by atoms with E-state index in [9.17, 15) is 0 Å². The molecule has 0 spiro atoms. The monoisotopic (exact) mass is 764 g/mol. The van der Waals surface area contributed by atoms with E-state index in [1.807, 2.05) is 0 Å². The molecule has 2 heteroatoms. The average Bonchev–Trinajstić information content (AvgIpc) is 3.66. The molecule has 1 aromatic heterocycles. The van der Waals surface area contributed by atoms with Gasteiger partial charge in [0.25, 0.3) is 0 Å². The van der Waals surface area contributed by atoms with Crippen LogP contribution < -0.4 is 4.90 Å². The maximum Gasteiger partial charge on any atom is 0.0561 e. The fourth-order valence-corrected chi connectivity index (χ4v) is 8.98. The van der Waals surface area contributed by atoms with E-state index in [1.165, 1.54) is 71.6 Å². The summed E-state index contributed by atoms with van der Waals surface area (Å²) in [6.45, 7) is 0. The van der Waals surface area contributed by atoms with Crippen molar-refractivity contribution in [3.05, 3.63) is 243 Å². The second-order valence-corrected chi connectivity index (χ2v) is 15.3. The summed E-state index contributed by atoms with van der Waals surface area (Å²) in [6, 6.07) is 87.9. The van der Waals surface area contributed by atoms with E-state index >= 15 is 0 Å². The van der Waals surface area contributed by atoms with Crippen LogP contribution in [-0.2, 0) is 0 Å². The molecule has 0 amide bonds. The molecule has 0 atom stereocenters. The van der Waals surface area contributed by atoms with Gasteiger partial charge in [0.2, 0.25) is 0 Å². The van der Waals surface area contributed by atoms with Crippen molar-refractivity contribution in [2.75, 3.05) is 4.90 Å². The van der Waals surface area contributed by atoms with Crippen molar-refractivity contribution in [2.45, 2.75) is 0 Å². The van der Waals surface area contributed by atoms with Crippen molar-refractivity contribution >= 4 is 49.6 Å². The molecule has 0 unspecified atom stereocenters. The zero-order valence-electron chi connectivity index (χ0n) is 33.0. The van der Waals surface area contributed by atoms with Crippen LogP contribution in [0, 0.1) is 0 Å². The molecule has 0 bridgehead atoms. The van der Waals surface area contributed by atoms with Crippen LogP contribution in [0.2, 0.25) is 0 Å². The molecular weight excluding hydrogens is 725 g/mol. The van der Waals surface area contributed by atoms with E-state index in [4.69, 9.17) is 0 Å². The van der Waals surface area contributed by atoms with Crippen LogP contribution in [0.5, 0.6) is 0 Å². The lowest BCUT2D eigenvalue weighted by Gasteiger charge is -2.28. The van der Waals surface area contributed by atoms with Crippen LogP contribution >= 0.6 is 0 Å². The summed E-state index contributed by atoms with van der Waals surface area (Å²) >= 11 is 0. The molecule has 1 heterocycles. The Balaban J connectivity index is 1.09. The van der Waals surface area contributed by atoms with E-state index in [0.717, 1.165) is 28.3 Å². The van der Waals surface area contributed by atoms with Gasteiger partial charge in [0.05, 0.1) is 16.7 Å². The Labute approximate surface area is 350 Å². The smallest absolute Gasteiger partial charge is 0.0561 e. The summed E-state index contributed by atoms with van der Waals surface area (Å²) in [5, 5.41) is 4.85. The summed E-state index contributed by atoms with van der Waals surface area (Å²) in [7, 11) is 0. The summed E-state index contributed by atoms with van der Waals surface area (Å²) in [5.74, 6) is 0. The van der Waals surface area contributed by atoms with Gasteiger partial charge in [-0.15, -0.1) is 0 Å². The van der Waals surface area contributed by atoms with Crippen LogP contribution in [-0.4, -0.2) is 4.57 Å². The lowest BCUT2D eigenvalue weighted by atomic mass is 9.94. The van der Waals surface area contributed by atoms with Crippen molar-refractivity contribution in [1.82, 2.24) is 4.57 Å². The standard InChI is InChI=1S/C58H40N2/c1-5-17-41(18-6-1)42-29-31-45(32-30-42)49-37-38-57(52-26-14-13-25-51(49)52)59(46-23-11-4-12-24-46)48-34-36-54-53-27-15-16-28-56(53)60(58(54)40-48)47-33-35-50(43-19-7-2-8-20-43)55(39-47)44-21-9-3-10-22-44/h1-40H. The molecule has 0 saturated heterocycles. The summed E-state index contributed by atoms with van der Waals surface area (Å²) in [6.07, 6.45) is 0. The summed E-state index contributed by atoms with van der Waals surface area (Å²) in [4.78, 5) is 2.42. The normalized spacial score (nSPS) is 11.3. The minimum Gasteiger partial charge on any atom is -0.310 e. The number of aromatic nitrogens is 1. The molecule has 11 rings (SSSR count). The molecule has 10 aromatic carbocycles. The quantitative estimate of drug-likeness (QED) is 0.150. The Morgan fingerprint density at radius 3 is 1.47 bits per heavy atom. The minimum atomic E-state index is 1.09. The first-order valence-corrected chi connectivity index (χ1v) is 20.6. The maximum absolute atomic E-state index is 2.44. The highest BCUT2D eigenvalue weighted by Gasteiger charge is 2.21. The number of anilines is 3. The van der Waals surface area contributed by atoms with Gasteiger partial charge in [-0.3, -0.25) is 0 Å². The summed E-state index contributed by atoms with van der Waals surface area (Å²) < 4.78 is 2.44. The second-order valence-electron chi connectivity index (χ2n) is 15.3.